The summed E-state index contributed by atoms with van der Waals surface area (Å²) in [6.07, 6.45) is 3.46. The molecule has 3 heterocycles. The standard InChI is InChI=1S/C22H14N4OS2/c27-21-16(13-15-9-4-5-10-17(15)28)24-20(14-7-2-1-3-8-14)26(21)22-25-19-18(29-22)11-6-12-23-19/h1-13,28H. The molecule has 7 heteroatoms. The fraction of sp³-hybridized carbons (Fsp3) is 0. The maximum atomic E-state index is 13.3. The molecule has 0 aliphatic carbocycles. The van der Waals surface area contributed by atoms with Crippen molar-refractivity contribution in [1.82, 2.24) is 9.97 Å². The van der Waals surface area contributed by atoms with Gasteiger partial charge >= 0.3 is 0 Å². The third-order valence-electron chi connectivity index (χ3n) is 4.47. The molecule has 0 N–H and O–H groups in total. The van der Waals surface area contributed by atoms with E-state index in [2.05, 4.69) is 27.6 Å². The zero-order valence-electron chi connectivity index (χ0n) is 15.1. The van der Waals surface area contributed by atoms with Gasteiger partial charge in [0.15, 0.2) is 5.65 Å². The zero-order valence-corrected chi connectivity index (χ0v) is 16.8. The predicted molar refractivity (Wildman–Crippen MR) is 120 cm³/mol. The van der Waals surface area contributed by atoms with Gasteiger partial charge in [-0.2, -0.15) is 4.98 Å². The van der Waals surface area contributed by atoms with E-state index in [0.29, 0.717) is 22.3 Å². The second-order valence-corrected chi connectivity index (χ2v) is 7.84. The Morgan fingerprint density at radius 3 is 2.55 bits per heavy atom. The topological polar surface area (TPSA) is 58.5 Å². The number of aromatic nitrogens is 2. The van der Waals surface area contributed by atoms with Gasteiger partial charge in [0.2, 0.25) is 5.13 Å². The Hall–Kier alpha value is -3.29. The molecule has 0 saturated carbocycles. The number of rotatable bonds is 3. The van der Waals surface area contributed by atoms with E-state index in [-0.39, 0.29) is 5.91 Å². The Morgan fingerprint density at radius 1 is 0.966 bits per heavy atom. The Balaban J connectivity index is 1.66. The van der Waals surface area contributed by atoms with Crippen LogP contribution in [0.1, 0.15) is 11.1 Å². The van der Waals surface area contributed by atoms with Crippen molar-refractivity contribution in [1.29, 1.82) is 0 Å². The summed E-state index contributed by atoms with van der Waals surface area (Å²) in [6.45, 7) is 0. The fourth-order valence-electron chi connectivity index (χ4n) is 3.09. The van der Waals surface area contributed by atoms with Crippen LogP contribution < -0.4 is 4.90 Å². The van der Waals surface area contributed by atoms with Crippen LogP contribution in [0.4, 0.5) is 5.13 Å². The highest BCUT2D eigenvalue weighted by atomic mass is 32.1. The lowest BCUT2D eigenvalue weighted by Gasteiger charge is -2.14. The van der Waals surface area contributed by atoms with Crippen molar-refractivity contribution in [3.63, 3.8) is 0 Å². The molecule has 0 spiro atoms. The van der Waals surface area contributed by atoms with Crippen LogP contribution in [0.3, 0.4) is 0 Å². The van der Waals surface area contributed by atoms with E-state index in [9.17, 15) is 4.79 Å². The molecule has 0 unspecified atom stereocenters. The number of benzene rings is 2. The van der Waals surface area contributed by atoms with Crippen molar-refractivity contribution < 1.29 is 4.79 Å². The molecule has 0 fully saturated rings. The number of hydrogen-bond acceptors (Lipinski definition) is 6. The van der Waals surface area contributed by atoms with Crippen LogP contribution in [-0.2, 0) is 4.79 Å². The Bertz CT molecular complexity index is 1260. The highest BCUT2D eigenvalue weighted by Gasteiger charge is 2.34. The first kappa shape index (κ1) is 17.8. The first-order valence-corrected chi connectivity index (χ1v) is 10.2. The average molecular weight is 415 g/mol. The molecule has 4 aromatic rings. The average Bonchev–Trinajstić information content (AvgIpc) is 3.31. The number of fused-ring (bicyclic) bond motifs is 1. The lowest BCUT2D eigenvalue weighted by Crippen LogP contribution is -2.32. The van der Waals surface area contributed by atoms with Gasteiger partial charge in [-0.15, -0.1) is 12.6 Å². The number of amides is 1. The Morgan fingerprint density at radius 2 is 1.76 bits per heavy atom. The van der Waals surface area contributed by atoms with Crippen LogP contribution in [0.15, 0.2) is 88.5 Å². The van der Waals surface area contributed by atoms with Gasteiger partial charge in [-0.3, -0.25) is 4.79 Å². The van der Waals surface area contributed by atoms with Crippen molar-refractivity contribution in [2.45, 2.75) is 4.90 Å². The molecule has 2 aromatic heterocycles. The molecule has 2 aromatic carbocycles. The second kappa shape index (κ2) is 7.27. The number of hydrogen-bond donors (Lipinski definition) is 1. The van der Waals surface area contributed by atoms with Crippen molar-refractivity contribution in [3.8, 4) is 0 Å². The van der Waals surface area contributed by atoms with Gasteiger partial charge in [-0.05, 0) is 29.8 Å². The molecule has 0 atom stereocenters. The molecule has 1 aliphatic heterocycles. The molecule has 5 nitrogen and oxygen atoms in total. The number of aliphatic imine (C=N–C) groups is 1. The maximum absolute atomic E-state index is 13.3. The van der Waals surface area contributed by atoms with Crippen molar-refractivity contribution in [3.05, 3.63) is 89.8 Å². The highest BCUT2D eigenvalue weighted by molar-refractivity contribution is 7.80. The molecule has 5 rings (SSSR count). The number of nitrogens with zero attached hydrogens (tertiary/aromatic N) is 4. The minimum absolute atomic E-state index is 0.223. The Labute approximate surface area is 176 Å². The van der Waals surface area contributed by atoms with E-state index in [1.165, 1.54) is 11.3 Å². The summed E-state index contributed by atoms with van der Waals surface area (Å²) < 4.78 is 0.917. The lowest BCUT2D eigenvalue weighted by atomic mass is 10.2. The van der Waals surface area contributed by atoms with E-state index in [0.717, 1.165) is 20.7 Å². The largest absolute Gasteiger partial charge is 0.284 e. The third kappa shape index (κ3) is 3.24. The quantitative estimate of drug-likeness (QED) is 0.386. The van der Waals surface area contributed by atoms with Crippen LogP contribution in [0.25, 0.3) is 16.4 Å². The van der Waals surface area contributed by atoms with E-state index in [1.54, 1.807) is 17.2 Å². The summed E-state index contributed by atoms with van der Waals surface area (Å²) >= 11 is 5.90. The van der Waals surface area contributed by atoms with Gasteiger partial charge < -0.3 is 0 Å². The smallest absolute Gasteiger partial charge is 0.266 e. The van der Waals surface area contributed by atoms with Crippen molar-refractivity contribution in [2.24, 2.45) is 4.99 Å². The van der Waals surface area contributed by atoms with Crippen molar-refractivity contribution >= 4 is 57.3 Å². The lowest BCUT2D eigenvalue weighted by molar-refractivity contribution is -0.113. The van der Waals surface area contributed by atoms with Crippen LogP contribution in [0, 0.1) is 0 Å². The first-order chi connectivity index (χ1) is 14.2. The minimum atomic E-state index is -0.223. The molecular formula is C22H14N4OS2. The number of thiazole rings is 1. The van der Waals surface area contributed by atoms with Gasteiger partial charge in [-0.1, -0.05) is 59.9 Å². The molecule has 0 bridgehead atoms. The minimum Gasteiger partial charge on any atom is -0.266 e. The number of thiol groups is 1. The van der Waals surface area contributed by atoms with E-state index in [1.807, 2.05) is 66.7 Å². The molecule has 1 amide bonds. The third-order valence-corrected chi connectivity index (χ3v) is 5.87. The summed E-state index contributed by atoms with van der Waals surface area (Å²) in [5, 5.41) is 0.550. The van der Waals surface area contributed by atoms with Gasteiger partial charge in [0, 0.05) is 16.7 Å². The van der Waals surface area contributed by atoms with Gasteiger partial charge in [0.1, 0.15) is 11.5 Å². The van der Waals surface area contributed by atoms with Crippen LogP contribution >= 0.6 is 24.0 Å². The van der Waals surface area contributed by atoms with Crippen LogP contribution in [-0.4, -0.2) is 21.7 Å². The summed E-state index contributed by atoms with van der Waals surface area (Å²) in [4.78, 5) is 29.2. The van der Waals surface area contributed by atoms with Crippen molar-refractivity contribution in [2.75, 3.05) is 4.90 Å². The van der Waals surface area contributed by atoms with E-state index >= 15 is 0 Å². The maximum Gasteiger partial charge on any atom is 0.284 e. The normalized spacial score (nSPS) is 15.3. The SMILES string of the molecule is O=C1C(=Cc2ccccc2S)N=C(c2ccccc2)N1c1nc2ncccc2s1. The molecule has 0 saturated heterocycles. The molecular weight excluding hydrogens is 400 g/mol. The van der Waals surface area contributed by atoms with E-state index in [4.69, 9.17) is 0 Å². The Kier molecular flexibility index (Phi) is 4.46. The summed E-state index contributed by atoms with van der Waals surface area (Å²) in [6, 6.07) is 21.0. The number of carbonyl (C=O) groups is 1. The van der Waals surface area contributed by atoms with Crippen LogP contribution in [0.5, 0.6) is 0 Å². The molecule has 1 aliphatic rings. The zero-order chi connectivity index (χ0) is 19.8. The van der Waals surface area contributed by atoms with Crippen LogP contribution in [0.2, 0.25) is 0 Å². The number of carbonyl (C=O) groups excluding carboxylic acids is 1. The monoisotopic (exact) mass is 414 g/mol. The number of anilines is 1. The van der Waals surface area contributed by atoms with E-state index < -0.39 is 0 Å². The number of pyridine rings is 1. The molecule has 0 radical (unpaired) electrons. The number of amidine groups is 1. The summed E-state index contributed by atoms with van der Waals surface area (Å²) in [5.74, 6) is 0.331. The van der Waals surface area contributed by atoms with Gasteiger partial charge in [-0.25, -0.2) is 14.9 Å². The summed E-state index contributed by atoms with van der Waals surface area (Å²) in [7, 11) is 0. The highest BCUT2D eigenvalue weighted by Crippen LogP contribution is 2.33. The molecule has 29 heavy (non-hydrogen) atoms. The summed E-state index contributed by atoms with van der Waals surface area (Å²) in [5.41, 5.74) is 2.64. The predicted octanol–water partition coefficient (Wildman–Crippen LogP) is 4.81. The first-order valence-electron chi connectivity index (χ1n) is 8.90. The van der Waals surface area contributed by atoms with Gasteiger partial charge in [0.05, 0.1) is 4.70 Å². The fourth-order valence-corrected chi connectivity index (χ4v) is 4.24. The second-order valence-electron chi connectivity index (χ2n) is 6.35. The van der Waals surface area contributed by atoms with Gasteiger partial charge in [0.25, 0.3) is 5.91 Å². The molecule has 140 valence electrons.